The van der Waals surface area contributed by atoms with Crippen molar-refractivity contribution >= 4 is 27.7 Å². The van der Waals surface area contributed by atoms with Gasteiger partial charge in [-0.25, -0.2) is 4.39 Å². The highest BCUT2D eigenvalue weighted by Crippen LogP contribution is 2.31. The van der Waals surface area contributed by atoms with Gasteiger partial charge in [-0.05, 0) is 65.0 Å². The third kappa shape index (κ3) is 4.80. The Morgan fingerprint density at radius 2 is 2.16 bits per heavy atom. The number of anilines is 1. The zero-order chi connectivity index (χ0) is 21.8. The first-order chi connectivity index (χ1) is 15.0. The zero-order valence-corrected chi connectivity index (χ0v) is 18.2. The minimum absolute atomic E-state index is 0.00942. The van der Waals surface area contributed by atoms with E-state index in [1.807, 2.05) is 4.90 Å². The van der Waals surface area contributed by atoms with Gasteiger partial charge in [-0.2, -0.15) is 10.2 Å². The number of nitrogens with one attached hydrogen (secondary N) is 1. The molecule has 1 aliphatic heterocycles. The van der Waals surface area contributed by atoms with Crippen LogP contribution in [0.15, 0.2) is 49.9 Å². The molecule has 0 saturated carbocycles. The number of nitrogens with zero attached hydrogens (tertiary/aromatic N) is 3. The van der Waals surface area contributed by atoms with E-state index in [0.29, 0.717) is 55.0 Å². The molecule has 1 amide bonds. The Morgan fingerprint density at radius 3 is 2.84 bits per heavy atom. The maximum Gasteiger partial charge on any atom is 0.266 e. The molecule has 1 saturated heterocycles. The SMILES string of the molecule is N#Cc1nc(-c2ccco2)oc1N1CCC(C(=O)NCCc2ccc(F)c(Br)c2)CC1. The average Bonchev–Trinajstić information content (AvgIpc) is 3.46. The minimum atomic E-state index is -0.304. The quantitative estimate of drug-likeness (QED) is 0.558. The van der Waals surface area contributed by atoms with Crippen molar-refractivity contribution in [3.63, 3.8) is 0 Å². The number of halogens is 2. The molecule has 1 N–H and O–H groups in total. The molecule has 3 heterocycles. The van der Waals surface area contributed by atoms with Crippen molar-refractivity contribution in [3.8, 4) is 17.7 Å². The van der Waals surface area contributed by atoms with Gasteiger partial charge in [0.2, 0.25) is 17.5 Å². The smallest absolute Gasteiger partial charge is 0.266 e. The number of carbonyl (C=O) groups is 1. The molecule has 1 fully saturated rings. The van der Waals surface area contributed by atoms with Crippen molar-refractivity contribution < 1.29 is 18.0 Å². The molecule has 1 aliphatic rings. The van der Waals surface area contributed by atoms with Gasteiger partial charge in [0.1, 0.15) is 11.9 Å². The second-order valence-electron chi connectivity index (χ2n) is 7.31. The summed E-state index contributed by atoms with van der Waals surface area (Å²) in [5, 5.41) is 12.4. The van der Waals surface area contributed by atoms with Crippen LogP contribution < -0.4 is 10.2 Å². The lowest BCUT2D eigenvalue weighted by molar-refractivity contribution is -0.125. The third-order valence-corrected chi connectivity index (χ3v) is 5.90. The number of hydrogen-bond acceptors (Lipinski definition) is 6. The molecule has 4 rings (SSSR count). The van der Waals surface area contributed by atoms with Crippen LogP contribution in [0.5, 0.6) is 0 Å². The fourth-order valence-corrected chi connectivity index (χ4v) is 4.05. The fraction of sp³-hybridized carbons (Fsp3) is 0.318. The Morgan fingerprint density at radius 1 is 1.35 bits per heavy atom. The molecule has 9 heteroatoms. The van der Waals surface area contributed by atoms with E-state index in [2.05, 4.69) is 32.3 Å². The highest BCUT2D eigenvalue weighted by atomic mass is 79.9. The maximum atomic E-state index is 13.3. The molecule has 0 aliphatic carbocycles. The molecule has 31 heavy (non-hydrogen) atoms. The van der Waals surface area contributed by atoms with Crippen molar-refractivity contribution in [2.45, 2.75) is 19.3 Å². The van der Waals surface area contributed by atoms with Crippen LogP contribution in [0.25, 0.3) is 11.7 Å². The van der Waals surface area contributed by atoms with Crippen molar-refractivity contribution in [2.75, 3.05) is 24.5 Å². The molecule has 0 spiro atoms. The number of benzene rings is 1. The molecular weight excluding hydrogens is 467 g/mol. The first kappa shape index (κ1) is 21.1. The summed E-state index contributed by atoms with van der Waals surface area (Å²) in [6.07, 6.45) is 3.44. The Labute approximate surface area is 187 Å². The van der Waals surface area contributed by atoms with Crippen LogP contribution in [0.3, 0.4) is 0 Å². The molecule has 0 atom stereocenters. The number of carbonyl (C=O) groups excluding carboxylic acids is 1. The number of oxazole rings is 1. The predicted molar refractivity (Wildman–Crippen MR) is 115 cm³/mol. The van der Waals surface area contributed by atoms with Crippen molar-refractivity contribution in [1.82, 2.24) is 10.3 Å². The van der Waals surface area contributed by atoms with E-state index in [4.69, 9.17) is 8.83 Å². The van der Waals surface area contributed by atoms with Gasteiger partial charge in [-0.3, -0.25) is 4.79 Å². The summed E-state index contributed by atoms with van der Waals surface area (Å²) in [7, 11) is 0. The van der Waals surface area contributed by atoms with Crippen molar-refractivity contribution in [2.24, 2.45) is 5.92 Å². The third-order valence-electron chi connectivity index (χ3n) is 5.30. The molecule has 0 radical (unpaired) electrons. The first-order valence-electron chi connectivity index (χ1n) is 9.96. The first-order valence-corrected chi connectivity index (χ1v) is 10.8. The lowest BCUT2D eigenvalue weighted by Crippen LogP contribution is -2.41. The average molecular weight is 487 g/mol. The van der Waals surface area contributed by atoms with Gasteiger partial charge >= 0.3 is 0 Å². The van der Waals surface area contributed by atoms with Crippen LogP contribution in [0.4, 0.5) is 10.3 Å². The molecule has 160 valence electrons. The standard InChI is InChI=1S/C22H20BrFN4O3/c23-16-12-14(3-4-17(16)24)5-8-26-20(29)15-6-9-28(10-7-15)22-18(13-25)27-21(31-22)19-2-1-11-30-19/h1-4,11-12,15H,5-10H2,(H,26,29). The van der Waals surface area contributed by atoms with Crippen molar-refractivity contribution in [1.29, 1.82) is 5.26 Å². The van der Waals surface area contributed by atoms with Gasteiger partial charge in [-0.1, -0.05) is 6.07 Å². The summed E-state index contributed by atoms with van der Waals surface area (Å²) in [5.74, 6) is 0.746. The Kier molecular flexibility index (Phi) is 6.37. The lowest BCUT2D eigenvalue weighted by atomic mass is 9.96. The van der Waals surface area contributed by atoms with E-state index in [9.17, 15) is 14.4 Å². The predicted octanol–water partition coefficient (Wildman–Crippen LogP) is 4.28. The number of hydrogen-bond donors (Lipinski definition) is 1. The van der Waals surface area contributed by atoms with Crippen LogP contribution in [0.1, 0.15) is 24.1 Å². The number of rotatable bonds is 6. The molecule has 2 aromatic heterocycles. The summed E-state index contributed by atoms with van der Waals surface area (Å²) in [5.41, 5.74) is 1.16. The molecule has 0 unspecified atom stereocenters. The number of aromatic nitrogens is 1. The highest BCUT2D eigenvalue weighted by Gasteiger charge is 2.29. The van der Waals surface area contributed by atoms with E-state index in [-0.39, 0.29) is 29.2 Å². The van der Waals surface area contributed by atoms with Gasteiger partial charge in [-0.15, -0.1) is 0 Å². The summed E-state index contributed by atoms with van der Waals surface area (Å²) >= 11 is 3.17. The summed E-state index contributed by atoms with van der Waals surface area (Å²) in [6, 6.07) is 10.4. The monoisotopic (exact) mass is 486 g/mol. The van der Waals surface area contributed by atoms with E-state index < -0.39 is 0 Å². The molecule has 7 nitrogen and oxygen atoms in total. The van der Waals surface area contributed by atoms with Crippen LogP contribution in [-0.4, -0.2) is 30.5 Å². The van der Waals surface area contributed by atoms with Crippen LogP contribution in [-0.2, 0) is 11.2 Å². The largest absolute Gasteiger partial charge is 0.459 e. The van der Waals surface area contributed by atoms with Crippen LogP contribution in [0.2, 0.25) is 0 Å². The minimum Gasteiger partial charge on any atom is -0.459 e. The van der Waals surface area contributed by atoms with E-state index in [1.165, 1.54) is 12.3 Å². The summed E-state index contributed by atoms with van der Waals surface area (Å²) in [6.45, 7) is 1.67. The Balaban J connectivity index is 1.30. The Bertz CT molecular complexity index is 1100. The summed E-state index contributed by atoms with van der Waals surface area (Å²) < 4.78 is 24.8. The molecular formula is C22H20BrFN4O3. The highest BCUT2D eigenvalue weighted by molar-refractivity contribution is 9.10. The molecule has 0 bridgehead atoms. The normalized spacial score (nSPS) is 14.4. The van der Waals surface area contributed by atoms with Gasteiger partial charge in [0.05, 0.1) is 10.7 Å². The zero-order valence-electron chi connectivity index (χ0n) is 16.6. The number of furan rings is 1. The fourth-order valence-electron chi connectivity index (χ4n) is 3.62. The number of amides is 1. The number of nitriles is 1. The molecule has 1 aromatic carbocycles. The maximum absolute atomic E-state index is 13.3. The van der Waals surface area contributed by atoms with E-state index in [1.54, 1.807) is 24.3 Å². The second kappa shape index (κ2) is 9.35. The topological polar surface area (TPSA) is 95.3 Å². The lowest BCUT2D eigenvalue weighted by Gasteiger charge is -2.31. The van der Waals surface area contributed by atoms with Gasteiger partial charge in [0, 0.05) is 25.6 Å². The molecule has 3 aromatic rings. The second-order valence-corrected chi connectivity index (χ2v) is 8.17. The van der Waals surface area contributed by atoms with E-state index in [0.717, 1.165) is 5.56 Å². The Hall–Kier alpha value is -3.12. The van der Waals surface area contributed by atoms with Crippen LogP contribution in [0, 0.1) is 23.1 Å². The van der Waals surface area contributed by atoms with E-state index >= 15 is 0 Å². The van der Waals surface area contributed by atoms with Gasteiger partial charge < -0.3 is 19.1 Å². The van der Waals surface area contributed by atoms with Crippen LogP contribution >= 0.6 is 15.9 Å². The summed E-state index contributed by atoms with van der Waals surface area (Å²) in [4.78, 5) is 18.7. The van der Waals surface area contributed by atoms with Gasteiger partial charge in [0.25, 0.3) is 5.89 Å². The number of piperidine rings is 1. The van der Waals surface area contributed by atoms with Gasteiger partial charge in [0.15, 0.2) is 5.76 Å². The van der Waals surface area contributed by atoms with Crippen molar-refractivity contribution in [3.05, 3.63) is 58.1 Å².